The van der Waals surface area contributed by atoms with E-state index in [1.807, 2.05) is 0 Å². The van der Waals surface area contributed by atoms with Gasteiger partial charge in [0.25, 0.3) is 0 Å². The number of ether oxygens (including phenoxy) is 2. The Morgan fingerprint density at radius 3 is 2.30 bits per heavy atom. The van der Waals surface area contributed by atoms with Gasteiger partial charge >= 0.3 is 0 Å². The molecule has 0 fully saturated rings. The van der Waals surface area contributed by atoms with E-state index in [0.717, 1.165) is 0 Å². The number of aromatic hydroxyl groups is 2. The number of phenols is 2. The molecule has 3 rings (SSSR count). The third-order valence-electron chi connectivity index (χ3n) is 3.51. The Bertz CT molecular complexity index is 921. The number of methoxy groups -OCH3 is 2. The van der Waals surface area contributed by atoms with Gasteiger partial charge in [-0.25, -0.2) is 0 Å². The van der Waals surface area contributed by atoms with Gasteiger partial charge in [0, 0.05) is 6.07 Å². The number of phenolic OH excluding ortho intramolecular Hbond substituents is 2. The Kier molecular flexibility index (Phi) is 3.57. The lowest BCUT2D eigenvalue weighted by atomic mass is 10.1. The topological polar surface area (TPSA) is 89.1 Å². The van der Waals surface area contributed by atoms with Crippen LogP contribution in [0.5, 0.6) is 23.0 Å². The Morgan fingerprint density at radius 1 is 1.00 bits per heavy atom. The van der Waals surface area contributed by atoms with E-state index >= 15 is 0 Å². The largest absolute Gasteiger partial charge is 0.507 e. The zero-order valence-corrected chi connectivity index (χ0v) is 12.5. The molecule has 0 bridgehead atoms. The maximum atomic E-state index is 12.3. The maximum absolute atomic E-state index is 12.3. The summed E-state index contributed by atoms with van der Waals surface area (Å²) in [5, 5.41) is 20.2. The second-order valence-electron chi connectivity index (χ2n) is 4.82. The molecular formula is C17H14O6. The van der Waals surface area contributed by atoms with Crippen LogP contribution in [0.4, 0.5) is 0 Å². The zero-order valence-electron chi connectivity index (χ0n) is 12.5. The minimum absolute atomic E-state index is 0.0321. The molecule has 0 aliphatic heterocycles. The summed E-state index contributed by atoms with van der Waals surface area (Å²) >= 11 is 0. The summed E-state index contributed by atoms with van der Waals surface area (Å²) in [5.41, 5.74) is -0.113. The van der Waals surface area contributed by atoms with Crippen LogP contribution in [0.1, 0.15) is 0 Å². The highest BCUT2D eigenvalue weighted by molar-refractivity contribution is 5.87. The minimum Gasteiger partial charge on any atom is -0.507 e. The first-order chi connectivity index (χ1) is 11.1. The van der Waals surface area contributed by atoms with E-state index in [4.69, 9.17) is 13.9 Å². The highest BCUT2D eigenvalue weighted by atomic mass is 16.5. The summed E-state index contributed by atoms with van der Waals surface area (Å²) in [6, 6.07) is 8.65. The predicted molar refractivity (Wildman–Crippen MR) is 84.4 cm³/mol. The minimum atomic E-state index is -0.329. The molecule has 0 saturated carbocycles. The van der Waals surface area contributed by atoms with Crippen molar-refractivity contribution in [3.63, 3.8) is 0 Å². The molecule has 0 unspecified atom stereocenters. The smallest absolute Gasteiger partial charge is 0.204 e. The molecule has 6 nitrogen and oxygen atoms in total. The van der Waals surface area contributed by atoms with Crippen molar-refractivity contribution >= 4 is 11.0 Å². The van der Waals surface area contributed by atoms with Crippen molar-refractivity contribution in [2.75, 3.05) is 14.2 Å². The molecule has 0 amide bonds. The number of hydrogen-bond donors (Lipinski definition) is 2. The first-order valence-corrected chi connectivity index (χ1v) is 6.77. The number of hydrogen-bond acceptors (Lipinski definition) is 6. The van der Waals surface area contributed by atoms with Crippen molar-refractivity contribution in [2.24, 2.45) is 0 Å². The third-order valence-corrected chi connectivity index (χ3v) is 3.51. The van der Waals surface area contributed by atoms with Crippen LogP contribution in [-0.2, 0) is 0 Å². The lowest BCUT2D eigenvalue weighted by Crippen LogP contribution is -2.02. The Morgan fingerprint density at radius 2 is 1.70 bits per heavy atom. The Hall–Kier alpha value is -3.15. The normalized spacial score (nSPS) is 10.7. The van der Waals surface area contributed by atoms with Crippen LogP contribution >= 0.6 is 0 Å². The summed E-state index contributed by atoms with van der Waals surface area (Å²) in [4.78, 5) is 12.3. The van der Waals surface area contributed by atoms with Crippen molar-refractivity contribution < 1.29 is 24.1 Å². The molecule has 6 heteroatoms. The van der Waals surface area contributed by atoms with Gasteiger partial charge < -0.3 is 24.1 Å². The molecule has 2 aromatic carbocycles. The summed E-state index contributed by atoms with van der Waals surface area (Å²) in [6.07, 6.45) is 0. The van der Waals surface area contributed by atoms with Gasteiger partial charge in [-0.05, 0) is 24.3 Å². The first-order valence-electron chi connectivity index (χ1n) is 6.77. The zero-order chi connectivity index (χ0) is 16.6. The number of benzene rings is 2. The monoisotopic (exact) mass is 314 g/mol. The molecule has 3 aromatic rings. The van der Waals surface area contributed by atoms with E-state index in [1.165, 1.54) is 38.5 Å². The number of rotatable bonds is 3. The van der Waals surface area contributed by atoms with Gasteiger partial charge in [0.2, 0.25) is 5.75 Å². The van der Waals surface area contributed by atoms with E-state index in [2.05, 4.69) is 0 Å². The van der Waals surface area contributed by atoms with Gasteiger partial charge in [-0.3, -0.25) is 4.79 Å². The first kappa shape index (κ1) is 14.8. The molecule has 2 N–H and O–H groups in total. The van der Waals surface area contributed by atoms with E-state index < -0.39 is 0 Å². The molecule has 23 heavy (non-hydrogen) atoms. The van der Waals surface area contributed by atoms with Crippen molar-refractivity contribution in [3.05, 3.63) is 46.6 Å². The van der Waals surface area contributed by atoms with Crippen molar-refractivity contribution in [1.29, 1.82) is 0 Å². The molecule has 1 heterocycles. The average molecular weight is 314 g/mol. The average Bonchev–Trinajstić information content (AvgIpc) is 2.53. The molecule has 0 spiro atoms. The van der Waals surface area contributed by atoms with Crippen molar-refractivity contribution in [2.45, 2.75) is 0 Å². The van der Waals surface area contributed by atoms with Crippen molar-refractivity contribution in [1.82, 2.24) is 0 Å². The fourth-order valence-corrected chi connectivity index (χ4v) is 2.43. The van der Waals surface area contributed by atoms with Gasteiger partial charge in [0.15, 0.2) is 16.8 Å². The fraction of sp³-hybridized carbons (Fsp3) is 0.118. The summed E-state index contributed by atoms with van der Waals surface area (Å²) in [6.45, 7) is 0. The van der Waals surface area contributed by atoms with Gasteiger partial charge in [-0.1, -0.05) is 6.07 Å². The van der Waals surface area contributed by atoms with Crippen LogP contribution in [0, 0.1) is 0 Å². The summed E-state index contributed by atoms with van der Waals surface area (Å²) < 4.78 is 16.2. The molecular weight excluding hydrogens is 300 g/mol. The van der Waals surface area contributed by atoms with Crippen molar-refractivity contribution in [3.8, 4) is 34.3 Å². The van der Waals surface area contributed by atoms with Crippen LogP contribution in [0.25, 0.3) is 22.3 Å². The van der Waals surface area contributed by atoms with Crippen LogP contribution in [0.2, 0.25) is 0 Å². The highest BCUT2D eigenvalue weighted by Crippen LogP contribution is 2.40. The van der Waals surface area contributed by atoms with Crippen LogP contribution in [-0.4, -0.2) is 24.4 Å². The SMILES string of the molecule is COc1ccc2c(=O)cc(-c3c(O)cccc3O)oc2c1OC. The van der Waals surface area contributed by atoms with Gasteiger partial charge in [-0.15, -0.1) is 0 Å². The Balaban J connectivity index is 2.39. The summed E-state index contributed by atoms with van der Waals surface area (Å²) in [5.74, 6) is 0.300. The van der Waals surface area contributed by atoms with Gasteiger partial charge in [0.1, 0.15) is 22.8 Å². The van der Waals surface area contributed by atoms with E-state index in [0.29, 0.717) is 11.1 Å². The molecule has 0 atom stereocenters. The second kappa shape index (κ2) is 5.57. The lowest BCUT2D eigenvalue weighted by Gasteiger charge is -2.11. The van der Waals surface area contributed by atoms with Crippen LogP contribution < -0.4 is 14.9 Å². The van der Waals surface area contributed by atoms with E-state index in [9.17, 15) is 15.0 Å². The summed E-state index contributed by atoms with van der Waals surface area (Å²) in [7, 11) is 2.90. The van der Waals surface area contributed by atoms with Gasteiger partial charge in [-0.2, -0.15) is 0 Å². The van der Waals surface area contributed by atoms with E-state index in [-0.39, 0.29) is 39.6 Å². The van der Waals surface area contributed by atoms with E-state index in [1.54, 1.807) is 12.1 Å². The Labute approximate surface area is 131 Å². The maximum Gasteiger partial charge on any atom is 0.204 e. The molecule has 0 radical (unpaired) electrons. The molecule has 0 saturated heterocycles. The predicted octanol–water partition coefficient (Wildman–Crippen LogP) is 2.89. The second-order valence-corrected chi connectivity index (χ2v) is 4.82. The molecule has 1 aromatic heterocycles. The van der Waals surface area contributed by atoms with Gasteiger partial charge in [0.05, 0.1) is 19.6 Å². The number of fused-ring (bicyclic) bond motifs is 1. The quantitative estimate of drug-likeness (QED) is 0.772. The molecule has 0 aliphatic carbocycles. The van der Waals surface area contributed by atoms with Crippen LogP contribution in [0.3, 0.4) is 0 Å². The highest BCUT2D eigenvalue weighted by Gasteiger charge is 2.18. The molecule has 118 valence electrons. The fourth-order valence-electron chi connectivity index (χ4n) is 2.43. The lowest BCUT2D eigenvalue weighted by molar-refractivity contribution is 0.353. The van der Waals surface area contributed by atoms with Crippen LogP contribution in [0.15, 0.2) is 45.6 Å². The third kappa shape index (κ3) is 2.34. The molecule has 0 aliphatic rings. The standard InChI is InChI=1S/C17H14O6/c1-21-13-7-6-9-12(20)8-14(23-16(9)17(13)22-2)15-10(18)4-3-5-11(15)19/h3-8,18-19H,1-2H3.